The first-order valence-corrected chi connectivity index (χ1v) is 7.49. The minimum Gasteiger partial charge on any atom is -0.481 e. The van der Waals surface area contributed by atoms with E-state index >= 15 is 0 Å². The number of aliphatic carboxylic acids is 1. The van der Waals surface area contributed by atoms with Crippen molar-refractivity contribution in [2.45, 2.75) is 50.7 Å². The van der Waals surface area contributed by atoms with Gasteiger partial charge in [0.15, 0.2) is 0 Å². The third kappa shape index (κ3) is 4.76. The van der Waals surface area contributed by atoms with E-state index in [0.29, 0.717) is 13.0 Å². The maximum absolute atomic E-state index is 11.7. The van der Waals surface area contributed by atoms with Gasteiger partial charge in [-0.15, -0.1) is 0 Å². The monoisotopic (exact) mass is 284 g/mol. The van der Waals surface area contributed by atoms with Crippen LogP contribution in [0, 0.1) is 5.92 Å². The molecule has 20 heavy (non-hydrogen) atoms. The summed E-state index contributed by atoms with van der Waals surface area (Å²) < 4.78 is 5.44. The molecule has 3 N–H and O–H groups in total. The van der Waals surface area contributed by atoms with Crippen LogP contribution in [-0.4, -0.2) is 48.8 Å². The molecule has 1 saturated heterocycles. The number of carbonyl (C=O) groups excluding carboxylic acids is 1. The number of hydrogen-bond donors (Lipinski definition) is 3. The van der Waals surface area contributed by atoms with Crippen molar-refractivity contribution in [2.24, 2.45) is 5.92 Å². The summed E-state index contributed by atoms with van der Waals surface area (Å²) in [5.41, 5.74) is 0. The van der Waals surface area contributed by atoms with Crippen LogP contribution < -0.4 is 10.6 Å². The lowest BCUT2D eigenvalue weighted by Crippen LogP contribution is -2.43. The molecule has 0 aromatic heterocycles. The van der Waals surface area contributed by atoms with Crippen molar-refractivity contribution in [3.63, 3.8) is 0 Å². The number of ether oxygens (including phenoxy) is 1. The molecule has 0 spiro atoms. The Hall–Kier alpha value is -1.14. The summed E-state index contributed by atoms with van der Waals surface area (Å²) in [5, 5.41) is 15.0. The van der Waals surface area contributed by atoms with Gasteiger partial charge in [-0.3, -0.25) is 9.59 Å². The van der Waals surface area contributed by atoms with E-state index in [9.17, 15) is 9.59 Å². The Morgan fingerprint density at radius 1 is 1.20 bits per heavy atom. The summed E-state index contributed by atoms with van der Waals surface area (Å²) in [6.07, 6.45) is 5.46. The number of amides is 1. The predicted molar refractivity (Wildman–Crippen MR) is 73.4 cm³/mol. The first-order valence-electron chi connectivity index (χ1n) is 7.49. The van der Waals surface area contributed by atoms with Gasteiger partial charge in [0.25, 0.3) is 0 Å². The minimum atomic E-state index is -0.723. The molecule has 0 aromatic carbocycles. The van der Waals surface area contributed by atoms with E-state index in [2.05, 4.69) is 10.6 Å². The van der Waals surface area contributed by atoms with Gasteiger partial charge in [0.1, 0.15) is 0 Å². The minimum absolute atomic E-state index is 0.0436. The Bertz CT molecular complexity index is 342. The first-order chi connectivity index (χ1) is 9.65. The van der Waals surface area contributed by atoms with Crippen LogP contribution in [0.4, 0.5) is 0 Å². The van der Waals surface area contributed by atoms with Crippen LogP contribution in [0.3, 0.4) is 0 Å². The second kappa shape index (κ2) is 7.59. The molecule has 3 unspecified atom stereocenters. The van der Waals surface area contributed by atoms with Crippen molar-refractivity contribution in [1.82, 2.24) is 10.6 Å². The number of carboxylic acids is 1. The fourth-order valence-corrected chi connectivity index (χ4v) is 2.93. The summed E-state index contributed by atoms with van der Waals surface area (Å²) in [6.45, 7) is 1.62. The molecule has 1 aliphatic carbocycles. The second-order valence-electron chi connectivity index (χ2n) is 5.72. The van der Waals surface area contributed by atoms with E-state index in [-0.39, 0.29) is 30.5 Å². The summed E-state index contributed by atoms with van der Waals surface area (Å²) in [5.74, 6) is -1.03. The molecule has 6 nitrogen and oxygen atoms in total. The van der Waals surface area contributed by atoms with Crippen molar-refractivity contribution in [3.05, 3.63) is 0 Å². The van der Waals surface area contributed by atoms with Gasteiger partial charge in [0.05, 0.1) is 18.6 Å². The summed E-state index contributed by atoms with van der Waals surface area (Å²) in [4.78, 5) is 22.7. The van der Waals surface area contributed by atoms with E-state index in [0.717, 1.165) is 38.7 Å². The van der Waals surface area contributed by atoms with Gasteiger partial charge in [-0.05, 0) is 32.1 Å². The molecule has 1 amide bonds. The smallest absolute Gasteiger partial charge is 0.306 e. The maximum Gasteiger partial charge on any atom is 0.306 e. The highest BCUT2D eigenvalue weighted by Gasteiger charge is 2.27. The Labute approximate surface area is 119 Å². The van der Waals surface area contributed by atoms with Crippen LogP contribution >= 0.6 is 0 Å². The van der Waals surface area contributed by atoms with E-state index < -0.39 is 5.97 Å². The zero-order valence-electron chi connectivity index (χ0n) is 11.8. The van der Waals surface area contributed by atoms with E-state index in [1.54, 1.807) is 0 Å². The summed E-state index contributed by atoms with van der Waals surface area (Å²) >= 11 is 0. The molecule has 114 valence electrons. The molecule has 0 aromatic rings. The van der Waals surface area contributed by atoms with Crippen molar-refractivity contribution in [1.29, 1.82) is 0 Å². The Kier molecular flexibility index (Phi) is 5.79. The van der Waals surface area contributed by atoms with Gasteiger partial charge in [0, 0.05) is 19.2 Å². The standard InChI is InChI=1S/C14H24N2O4/c17-13(16-8-12-5-2-6-20-12)9-15-11-4-1-3-10(7-11)14(18)19/h10-12,15H,1-9H2,(H,16,17)(H,18,19). The zero-order valence-corrected chi connectivity index (χ0v) is 11.8. The number of rotatable bonds is 6. The number of hydrogen-bond acceptors (Lipinski definition) is 4. The number of carboxylic acid groups (broad SMARTS) is 1. The van der Waals surface area contributed by atoms with Crippen LogP contribution in [0.5, 0.6) is 0 Å². The highest BCUT2D eigenvalue weighted by molar-refractivity contribution is 5.78. The predicted octanol–water partition coefficient (Wildman–Crippen LogP) is 0.515. The topological polar surface area (TPSA) is 87.7 Å². The number of nitrogens with one attached hydrogen (secondary N) is 2. The molecule has 1 heterocycles. The summed E-state index contributed by atoms with van der Waals surface area (Å²) in [7, 11) is 0. The second-order valence-corrected chi connectivity index (χ2v) is 5.72. The van der Waals surface area contributed by atoms with Crippen LogP contribution in [-0.2, 0) is 14.3 Å². The van der Waals surface area contributed by atoms with Gasteiger partial charge < -0.3 is 20.5 Å². The first kappa shape index (κ1) is 15.3. The quantitative estimate of drug-likeness (QED) is 0.661. The van der Waals surface area contributed by atoms with Crippen LogP contribution in [0.25, 0.3) is 0 Å². The van der Waals surface area contributed by atoms with Gasteiger partial charge in [0.2, 0.25) is 5.91 Å². The summed E-state index contributed by atoms with van der Waals surface area (Å²) in [6, 6.07) is 0.137. The van der Waals surface area contributed by atoms with E-state index in [1.807, 2.05) is 0 Å². The largest absolute Gasteiger partial charge is 0.481 e. The molecule has 2 aliphatic rings. The lowest BCUT2D eigenvalue weighted by atomic mass is 9.86. The highest BCUT2D eigenvalue weighted by Crippen LogP contribution is 2.24. The van der Waals surface area contributed by atoms with Crippen molar-refractivity contribution in [3.8, 4) is 0 Å². The zero-order chi connectivity index (χ0) is 14.4. The Morgan fingerprint density at radius 2 is 2.05 bits per heavy atom. The maximum atomic E-state index is 11.7. The van der Waals surface area contributed by atoms with Crippen molar-refractivity contribution in [2.75, 3.05) is 19.7 Å². The van der Waals surface area contributed by atoms with E-state index in [1.165, 1.54) is 0 Å². The average Bonchev–Trinajstić information content (AvgIpc) is 2.96. The normalized spacial score (nSPS) is 30.1. The average molecular weight is 284 g/mol. The third-order valence-electron chi connectivity index (χ3n) is 4.13. The Morgan fingerprint density at radius 3 is 2.75 bits per heavy atom. The fourth-order valence-electron chi connectivity index (χ4n) is 2.93. The molecule has 6 heteroatoms. The lowest BCUT2D eigenvalue weighted by Gasteiger charge is -2.27. The number of carbonyl (C=O) groups is 2. The molecular formula is C14H24N2O4. The molecule has 0 bridgehead atoms. The van der Waals surface area contributed by atoms with Gasteiger partial charge in [-0.1, -0.05) is 6.42 Å². The van der Waals surface area contributed by atoms with Gasteiger partial charge in [-0.25, -0.2) is 0 Å². The van der Waals surface area contributed by atoms with Gasteiger partial charge in [-0.2, -0.15) is 0 Å². The molecular weight excluding hydrogens is 260 g/mol. The molecule has 2 rings (SSSR count). The van der Waals surface area contributed by atoms with E-state index in [4.69, 9.17) is 9.84 Å². The highest BCUT2D eigenvalue weighted by atomic mass is 16.5. The van der Waals surface area contributed by atoms with Crippen LogP contribution in [0.15, 0.2) is 0 Å². The molecule has 2 fully saturated rings. The molecule has 1 saturated carbocycles. The lowest BCUT2D eigenvalue weighted by molar-refractivity contribution is -0.143. The fraction of sp³-hybridized carbons (Fsp3) is 0.857. The molecule has 0 radical (unpaired) electrons. The molecule has 1 aliphatic heterocycles. The van der Waals surface area contributed by atoms with Crippen molar-refractivity contribution >= 4 is 11.9 Å². The third-order valence-corrected chi connectivity index (χ3v) is 4.13. The SMILES string of the molecule is O=C(CNC1CCCC(C(=O)O)C1)NCC1CCCO1. The Balaban J connectivity index is 1.61. The van der Waals surface area contributed by atoms with Crippen molar-refractivity contribution < 1.29 is 19.4 Å². The van der Waals surface area contributed by atoms with Gasteiger partial charge >= 0.3 is 5.97 Å². The van der Waals surface area contributed by atoms with Crippen LogP contribution in [0.1, 0.15) is 38.5 Å². The molecule has 3 atom stereocenters. The van der Waals surface area contributed by atoms with Crippen LogP contribution in [0.2, 0.25) is 0 Å².